The summed E-state index contributed by atoms with van der Waals surface area (Å²) in [5, 5.41) is 9.69. The predicted octanol–water partition coefficient (Wildman–Crippen LogP) is 4.72. The second kappa shape index (κ2) is 13.3. The lowest BCUT2D eigenvalue weighted by molar-refractivity contribution is -0.114. The molecule has 0 aliphatic carbocycles. The summed E-state index contributed by atoms with van der Waals surface area (Å²) in [7, 11) is 0. The van der Waals surface area contributed by atoms with E-state index in [1.807, 2.05) is 24.3 Å². The Balaban J connectivity index is 0.00000363. The molecule has 0 spiro atoms. The molecule has 32 heavy (non-hydrogen) atoms. The minimum atomic E-state index is -0.0567. The Bertz CT molecular complexity index is 878. The van der Waals surface area contributed by atoms with Crippen LogP contribution in [0.3, 0.4) is 0 Å². The fourth-order valence-corrected chi connectivity index (χ4v) is 3.83. The first kappa shape index (κ1) is 26.0. The summed E-state index contributed by atoms with van der Waals surface area (Å²) in [5.41, 5.74) is 4.59. The van der Waals surface area contributed by atoms with Crippen molar-refractivity contribution in [3.05, 3.63) is 59.7 Å². The van der Waals surface area contributed by atoms with Gasteiger partial charge in [-0.1, -0.05) is 24.3 Å². The molecule has 7 heteroatoms. The molecule has 3 N–H and O–H groups in total. The summed E-state index contributed by atoms with van der Waals surface area (Å²) in [6.45, 7) is 9.59. The Morgan fingerprint density at radius 2 is 1.84 bits per heavy atom. The summed E-state index contributed by atoms with van der Waals surface area (Å²) in [5.74, 6) is 0.773. The van der Waals surface area contributed by atoms with Crippen molar-refractivity contribution in [2.45, 2.75) is 46.1 Å². The highest BCUT2D eigenvalue weighted by Crippen LogP contribution is 2.24. The smallest absolute Gasteiger partial charge is 0.221 e. The van der Waals surface area contributed by atoms with Crippen LogP contribution in [0.15, 0.2) is 53.5 Å². The number of anilines is 2. The lowest BCUT2D eigenvalue weighted by atomic mass is 10.1. The molecule has 1 saturated heterocycles. The van der Waals surface area contributed by atoms with Gasteiger partial charge in [-0.3, -0.25) is 9.79 Å². The Morgan fingerprint density at radius 3 is 2.50 bits per heavy atom. The van der Waals surface area contributed by atoms with Crippen molar-refractivity contribution in [3.8, 4) is 0 Å². The van der Waals surface area contributed by atoms with Crippen LogP contribution >= 0.6 is 24.0 Å². The van der Waals surface area contributed by atoms with Crippen LogP contribution in [0.1, 0.15) is 50.8 Å². The summed E-state index contributed by atoms with van der Waals surface area (Å²) < 4.78 is 0. The van der Waals surface area contributed by atoms with E-state index < -0.39 is 0 Å². The Labute approximate surface area is 209 Å². The van der Waals surface area contributed by atoms with Crippen LogP contribution in [0.4, 0.5) is 11.4 Å². The fourth-order valence-electron chi connectivity index (χ4n) is 3.83. The predicted molar refractivity (Wildman–Crippen MR) is 145 cm³/mol. The highest BCUT2D eigenvalue weighted by Gasteiger charge is 2.14. The SMILES string of the molecule is CCNC(=NCCc1ccc(NC(C)=O)cc1)NC(C)c1cccc(N2CCCC2)c1.I. The topological polar surface area (TPSA) is 68.8 Å². The van der Waals surface area contributed by atoms with Crippen LogP contribution in [0.25, 0.3) is 0 Å². The second-order valence-corrected chi connectivity index (χ2v) is 8.04. The number of benzene rings is 2. The highest BCUT2D eigenvalue weighted by molar-refractivity contribution is 14.0. The third-order valence-corrected chi connectivity index (χ3v) is 5.48. The number of nitrogens with zero attached hydrogens (tertiary/aromatic N) is 2. The average Bonchev–Trinajstić information content (AvgIpc) is 3.30. The zero-order valence-electron chi connectivity index (χ0n) is 19.4. The summed E-state index contributed by atoms with van der Waals surface area (Å²) in [4.78, 5) is 18.4. The molecule has 6 nitrogen and oxygen atoms in total. The molecular weight excluding hydrogens is 513 g/mol. The van der Waals surface area contributed by atoms with Crippen LogP contribution in [-0.2, 0) is 11.2 Å². The molecule has 2 aromatic rings. The van der Waals surface area contributed by atoms with Gasteiger partial charge in [0.2, 0.25) is 5.91 Å². The largest absolute Gasteiger partial charge is 0.372 e. The quantitative estimate of drug-likeness (QED) is 0.253. The lowest BCUT2D eigenvalue weighted by Crippen LogP contribution is -2.39. The van der Waals surface area contributed by atoms with Crippen molar-refractivity contribution in [3.63, 3.8) is 0 Å². The molecule has 1 fully saturated rings. The number of halogens is 1. The number of hydrogen-bond donors (Lipinski definition) is 3. The van der Waals surface area contributed by atoms with E-state index in [-0.39, 0.29) is 35.9 Å². The average molecular weight is 550 g/mol. The molecule has 2 aromatic carbocycles. The van der Waals surface area contributed by atoms with E-state index in [9.17, 15) is 4.79 Å². The number of carbonyl (C=O) groups is 1. The minimum Gasteiger partial charge on any atom is -0.372 e. The van der Waals surface area contributed by atoms with Crippen molar-refractivity contribution < 1.29 is 4.79 Å². The van der Waals surface area contributed by atoms with E-state index in [4.69, 9.17) is 4.99 Å². The summed E-state index contributed by atoms with van der Waals surface area (Å²) >= 11 is 0. The Morgan fingerprint density at radius 1 is 1.12 bits per heavy atom. The summed E-state index contributed by atoms with van der Waals surface area (Å²) in [6.07, 6.45) is 3.41. The zero-order valence-corrected chi connectivity index (χ0v) is 21.7. The normalized spacial score (nSPS) is 14.5. The van der Waals surface area contributed by atoms with Gasteiger partial charge in [0.1, 0.15) is 0 Å². The molecule has 0 bridgehead atoms. The number of rotatable bonds is 8. The molecular formula is C25H36IN5O. The van der Waals surface area contributed by atoms with E-state index in [1.54, 1.807) is 0 Å². The van der Waals surface area contributed by atoms with E-state index in [2.05, 4.69) is 59.0 Å². The maximum Gasteiger partial charge on any atom is 0.221 e. The van der Waals surface area contributed by atoms with Gasteiger partial charge in [-0.2, -0.15) is 0 Å². The maximum absolute atomic E-state index is 11.1. The van der Waals surface area contributed by atoms with Crippen molar-refractivity contribution in [2.75, 3.05) is 36.4 Å². The molecule has 1 amide bonds. The minimum absolute atomic E-state index is 0. The van der Waals surface area contributed by atoms with Gasteiger partial charge in [0.25, 0.3) is 0 Å². The molecule has 1 unspecified atom stereocenters. The van der Waals surface area contributed by atoms with Crippen LogP contribution < -0.4 is 20.9 Å². The molecule has 1 atom stereocenters. The first-order valence-electron chi connectivity index (χ1n) is 11.3. The lowest BCUT2D eigenvalue weighted by Gasteiger charge is -2.22. The molecule has 0 saturated carbocycles. The standard InChI is InChI=1S/C25H35N5O.HI/c1-4-26-25(27-15-14-21-10-12-23(13-11-21)29-20(3)31)28-19(2)22-8-7-9-24(18-22)30-16-5-6-17-30;/h7-13,18-19H,4-6,14-17H2,1-3H3,(H,29,31)(H2,26,27,28);1H. The third kappa shape index (κ3) is 8.00. The van der Waals surface area contributed by atoms with Gasteiger partial charge in [-0.15, -0.1) is 24.0 Å². The second-order valence-electron chi connectivity index (χ2n) is 8.04. The molecule has 0 radical (unpaired) electrons. The Hall–Kier alpha value is -2.29. The molecule has 174 valence electrons. The zero-order chi connectivity index (χ0) is 22.1. The molecule has 0 aromatic heterocycles. The van der Waals surface area contributed by atoms with E-state index in [1.165, 1.54) is 36.6 Å². The monoisotopic (exact) mass is 549 g/mol. The first-order chi connectivity index (χ1) is 15.0. The van der Waals surface area contributed by atoms with E-state index in [0.717, 1.165) is 37.7 Å². The molecule has 1 heterocycles. The van der Waals surface area contributed by atoms with Crippen molar-refractivity contribution >= 4 is 47.2 Å². The highest BCUT2D eigenvalue weighted by atomic mass is 127. The number of nitrogens with one attached hydrogen (secondary N) is 3. The third-order valence-electron chi connectivity index (χ3n) is 5.48. The molecule has 1 aliphatic heterocycles. The number of guanidine groups is 1. The van der Waals surface area contributed by atoms with Crippen molar-refractivity contribution in [2.24, 2.45) is 4.99 Å². The van der Waals surface area contributed by atoms with Crippen LogP contribution in [0.2, 0.25) is 0 Å². The van der Waals surface area contributed by atoms with Crippen molar-refractivity contribution in [1.29, 1.82) is 0 Å². The molecule has 3 rings (SSSR count). The van der Waals surface area contributed by atoms with E-state index >= 15 is 0 Å². The summed E-state index contributed by atoms with van der Waals surface area (Å²) in [6, 6.07) is 16.9. The van der Waals surface area contributed by atoms with Gasteiger partial charge in [0.15, 0.2) is 5.96 Å². The van der Waals surface area contributed by atoms with Gasteiger partial charge >= 0.3 is 0 Å². The number of carbonyl (C=O) groups excluding carboxylic acids is 1. The van der Waals surface area contributed by atoms with Gasteiger partial charge in [-0.25, -0.2) is 0 Å². The fraction of sp³-hybridized carbons (Fsp3) is 0.440. The maximum atomic E-state index is 11.1. The molecule has 1 aliphatic rings. The van der Waals surface area contributed by atoms with E-state index in [0.29, 0.717) is 6.54 Å². The van der Waals surface area contributed by atoms with Gasteiger partial charge in [-0.05, 0) is 68.5 Å². The Kier molecular flexibility index (Phi) is 10.8. The van der Waals surface area contributed by atoms with Crippen LogP contribution in [0, 0.1) is 0 Å². The number of aliphatic imine (C=N–C) groups is 1. The van der Waals surface area contributed by atoms with Crippen molar-refractivity contribution in [1.82, 2.24) is 10.6 Å². The number of amides is 1. The van der Waals surface area contributed by atoms with Gasteiger partial charge in [0.05, 0.1) is 6.04 Å². The van der Waals surface area contributed by atoms with Gasteiger partial charge in [0, 0.05) is 44.5 Å². The van der Waals surface area contributed by atoms with Gasteiger partial charge < -0.3 is 20.9 Å². The van der Waals surface area contributed by atoms with Crippen LogP contribution in [0.5, 0.6) is 0 Å². The van der Waals surface area contributed by atoms with Crippen LogP contribution in [-0.4, -0.2) is 38.0 Å². The first-order valence-corrected chi connectivity index (χ1v) is 11.3. The number of hydrogen-bond acceptors (Lipinski definition) is 3.